The average molecular weight is 397 g/mol. The van der Waals surface area contributed by atoms with Gasteiger partial charge in [0.25, 0.3) is 0 Å². The zero-order chi connectivity index (χ0) is 16.8. The molecule has 6 heteroatoms. The van der Waals surface area contributed by atoms with Crippen LogP contribution in [0.3, 0.4) is 0 Å². The van der Waals surface area contributed by atoms with Gasteiger partial charge in [-0.15, -0.1) is 0 Å². The van der Waals surface area contributed by atoms with E-state index in [1.165, 1.54) is 0 Å². The van der Waals surface area contributed by atoms with E-state index in [0.29, 0.717) is 11.3 Å². The zero-order valence-corrected chi connectivity index (χ0v) is 15.3. The largest absolute Gasteiger partial charge is 0.496 e. The molecule has 0 spiro atoms. The summed E-state index contributed by atoms with van der Waals surface area (Å²) in [6.07, 6.45) is 1.63. The maximum absolute atomic E-state index is 12.1. The molecule has 2 aromatic rings. The van der Waals surface area contributed by atoms with Crippen LogP contribution in [0.1, 0.15) is 21.5 Å². The molecule has 0 saturated carbocycles. The van der Waals surface area contributed by atoms with E-state index in [9.17, 15) is 9.00 Å². The molecular formula is C17H17BrO4S. The summed E-state index contributed by atoms with van der Waals surface area (Å²) >= 11 is 3.40. The van der Waals surface area contributed by atoms with E-state index in [1.807, 2.05) is 24.3 Å². The number of hydrogen-bond acceptors (Lipinski definition) is 4. The van der Waals surface area contributed by atoms with Gasteiger partial charge in [0, 0.05) is 22.8 Å². The van der Waals surface area contributed by atoms with Crippen LogP contribution in [-0.4, -0.2) is 23.5 Å². The van der Waals surface area contributed by atoms with E-state index in [2.05, 4.69) is 15.9 Å². The van der Waals surface area contributed by atoms with Crippen LogP contribution in [0.25, 0.3) is 0 Å². The van der Waals surface area contributed by atoms with Crippen molar-refractivity contribution in [2.24, 2.45) is 0 Å². The Morgan fingerprint density at radius 2 is 1.96 bits per heavy atom. The van der Waals surface area contributed by atoms with E-state index in [0.717, 1.165) is 21.3 Å². The van der Waals surface area contributed by atoms with Gasteiger partial charge in [0.15, 0.2) is 0 Å². The number of carbonyl (C=O) groups excluding carboxylic acids is 1. The minimum atomic E-state index is -0.947. The maximum atomic E-state index is 12.1. The summed E-state index contributed by atoms with van der Waals surface area (Å²) in [6.45, 7) is 0.172. The Hall–Kier alpha value is -1.66. The molecule has 0 aliphatic carbocycles. The molecule has 0 aliphatic rings. The van der Waals surface area contributed by atoms with Gasteiger partial charge in [0.05, 0.1) is 17.1 Å². The van der Waals surface area contributed by atoms with Gasteiger partial charge in [-0.3, -0.25) is 4.21 Å². The van der Waals surface area contributed by atoms with Crippen LogP contribution >= 0.6 is 15.9 Å². The van der Waals surface area contributed by atoms with Gasteiger partial charge in [0.2, 0.25) is 0 Å². The lowest BCUT2D eigenvalue weighted by molar-refractivity contribution is 0.0472. The van der Waals surface area contributed by atoms with Crippen LogP contribution in [0.5, 0.6) is 5.75 Å². The minimum absolute atomic E-state index is 0.172. The van der Waals surface area contributed by atoms with E-state index >= 15 is 0 Å². The van der Waals surface area contributed by atoms with Gasteiger partial charge in [-0.05, 0) is 51.3 Å². The van der Waals surface area contributed by atoms with Gasteiger partial charge in [-0.1, -0.05) is 18.2 Å². The highest BCUT2D eigenvalue weighted by Crippen LogP contribution is 2.25. The Balaban J connectivity index is 2.02. The lowest BCUT2D eigenvalue weighted by Crippen LogP contribution is -2.06. The molecule has 0 aliphatic heterocycles. The highest BCUT2D eigenvalue weighted by molar-refractivity contribution is 9.10. The van der Waals surface area contributed by atoms with E-state index in [4.69, 9.17) is 9.47 Å². The first-order valence-electron chi connectivity index (χ1n) is 6.88. The summed E-state index contributed by atoms with van der Waals surface area (Å²) in [4.78, 5) is 12.1. The molecule has 0 bridgehead atoms. The Morgan fingerprint density at radius 1 is 1.17 bits per heavy atom. The number of benzene rings is 2. The average Bonchev–Trinajstić information content (AvgIpc) is 2.52. The van der Waals surface area contributed by atoms with Crippen molar-refractivity contribution in [2.45, 2.75) is 12.4 Å². The lowest BCUT2D eigenvalue weighted by atomic mass is 10.1. The molecule has 0 fully saturated rings. The molecule has 0 heterocycles. The lowest BCUT2D eigenvalue weighted by Gasteiger charge is -2.08. The molecule has 0 saturated heterocycles. The fraction of sp³-hybridized carbons (Fsp3) is 0.235. The summed E-state index contributed by atoms with van der Waals surface area (Å²) in [5.41, 5.74) is 2.17. The van der Waals surface area contributed by atoms with Crippen molar-refractivity contribution < 1.29 is 18.5 Å². The van der Waals surface area contributed by atoms with Crippen LogP contribution in [0.15, 0.2) is 46.9 Å². The van der Waals surface area contributed by atoms with Crippen LogP contribution in [-0.2, 0) is 27.9 Å². The highest BCUT2D eigenvalue weighted by atomic mass is 79.9. The predicted octanol–water partition coefficient (Wildman–Crippen LogP) is 3.69. The van der Waals surface area contributed by atoms with Gasteiger partial charge >= 0.3 is 5.97 Å². The molecule has 0 amide bonds. The third kappa shape index (κ3) is 5.18. The number of methoxy groups -OCH3 is 1. The van der Waals surface area contributed by atoms with Crippen molar-refractivity contribution in [1.29, 1.82) is 0 Å². The molecule has 0 N–H and O–H groups in total. The first-order valence-corrected chi connectivity index (χ1v) is 9.40. The van der Waals surface area contributed by atoms with Crippen molar-refractivity contribution in [3.05, 3.63) is 63.6 Å². The van der Waals surface area contributed by atoms with Gasteiger partial charge in [-0.2, -0.15) is 0 Å². The third-order valence-corrected chi connectivity index (χ3v) is 4.48. The maximum Gasteiger partial charge on any atom is 0.338 e. The SMILES string of the molecule is COc1ccc(COC(=O)c2cccc(CS(C)=O)c2)cc1Br. The van der Waals surface area contributed by atoms with E-state index in [1.54, 1.807) is 31.6 Å². The first-order chi connectivity index (χ1) is 11.0. The monoisotopic (exact) mass is 396 g/mol. The van der Waals surface area contributed by atoms with Crippen LogP contribution in [0, 0.1) is 0 Å². The normalized spacial score (nSPS) is 11.8. The van der Waals surface area contributed by atoms with E-state index in [-0.39, 0.29) is 6.61 Å². The number of hydrogen-bond donors (Lipinski definition) is 0. The smallest absolute Gasteiger partial charge is 0.338 e. The molecule has 23 heavy (non-hydrogen) atoms. The number of carbonyl (C=O) groups is 1. The zero-order valence-electron chi connectivity index (χ0n) is 12.9. The second-order valence-corrected chi connectivity index (χ2v) is 7.25. The molecular weight excluding hydrogens is 380 g/mol. The Kier molecular flexibility index (Phi) is 6.36. The minimum Gasteiger partial charge on any atom is -0.496 e. The third-order valence-electron chi connectivity index (χ3n) is 3.12. The number of halogens is 1. The molecule has 4 nitrogen and oxygen atoms in total. The summed E-state index contributed by atoms with van der Waals surface area (Å²) in [5, 5.41) is 0. The van der Waals surface area contributed by atoms with Crippen molar-refractivity contribution in [3.63, 3.8) is 0 Å². The van der Waals surface area contributed by atoms with Gasteiger partial charge < -0.3 is 9.47 Å². The predicted molar refractivity (Wildman–Crippen MR) is 94.0 cm³/mol. The molecule has 1 atom stereocenters. The quantitative estimate of drug-likeness (QED) is 0.698. The molecule has 0 radical (unpaired) electrons. The fourth-order valence-electron chi connectivity index (χ4n) is 2.05. The van der Waals surface area contributed by atoms with Crippen molar-refractivity contribution in [2.75, 3.05) is 13.4 Å². The number of ether oxygens (including phenoxy) is 2. The summed E-state index contributed by atoms with van der Waals surface area (Å²) in [6, 6.07) is 12.5. The Labute approximate surface area is 146 Å². The molecule has 2 rings (SSSR count). The van der Waals surface area contributed by atoms with Gasteiger partial charge in [0.1, 0.15) is 12.4 Å². The van der Waals surface area contributed by atoms with Crippen molar-refractivity contribution >= 4 is 32.7 Å². The van der Waals surface area contributed by atoms with Gasteiger partial charge in [-0.25, -0.2) is 4.79 Å². The topological polar surface area (TPSA) is 52.6 Å². The standard InChI is InChI=1S/C17H17BrO4S/c1-21-16-7-6-12(9-15(16)18)10-22-17(19)14-5-3-4-13(8-14)11-23(2)20/h3-9H,10-11H2,1-2H3. The van der Waals surface area contributed by atoms with Crippen molar-refractivity contribution in [3.8, 4) is 5.75 Å². The Bertz CT molecular complexity index is 730. The number of esters is 1. The second kappa shape index (κ2) is 8.26. The van der Waals surface area contributed by atoms with Crippen LogP contribution in [0.2, 0.25) is 0 Å². The second-order valence-electron chi connectivity index (χ2n) is 4.96. The van der Waals surface area contributed by atoms with Crippen LogP contribution in [0.4, 0.5) is 0 Å². The van der Waals surface area contributed by atoms with E-state index < -0.39 is 16.8 Å². The van der Waals surface area contributed by atoms with Crippen molar-refractivity contribution in [1.82, 2.24) is 0 Å². The summed E-state index contributed by atoms with van der Waals surface area (Å²) in [5.74, 6) is 0.744. The summed E-state index contributed by atoms with van der Waals surface area (Å²) in [7, 11) is 0.647. The highest BCUT2D eigenvalue weighted by Gasteiger charge is 2.09. The first kappa shape index (κ1) is 17.7. The fourth-order valence-corrected chi connectivity index (χ4v) is 3.29. The van der Waals surface area contributed by atoms with Crippen LogP contribution < -0.4 is 4.74 Å². The summed E-state index contributed by atoms with van der Waals surface area (Å²) < 4.78 is 22.6. The number of rotatable bonds is 6. The molecule has 0 aromatic heterocycles. The molecule has 1 unspecified atom stereocenters. The molecule has 2 aromatic carbocycles. The molecule has 122 valence electrons. The Morgan fingerprint density at radius 3 is 2.61 bits per heavy atom.